The van der Waals surface area contributed by atoms with Gasteiger partial charge < -0.3 is 14.8 Å². The number of benzene rings is 1. The Morgan fingerprint density at radius 3 is 2.85 bits per heavy atom. The first-order chi connectivity index (χ1) is 12.7. The summed E-state index contributed by atoms with van der Waals surface area (Å²) in [6, 6.07) is 9.11. The minimum atomic E-state index is -0.419. The number of hydrogen-bond donors (Lipinski definition) is 1. The predicted octanol–water partition coefficient (Wildman–Crippen LogP) is 0.867. The zero-order valence-electron chi connectivity index (χ0n) is 15.0. The molecule has 0 radical (unpaired) electrons. The van der Waals surface area contributed by atoms with Gasteiger partial charge in [0.25, 0.3) is 0 Å². The van der Waals surface area contributed by atoms with Crippen LogP contribution in [-0.2, 0) is 16.1 Å². The first-order valence-electron chi connectivity index (χ1n) is 8.89. The number of amides is 1. The van der Waals surface area contributed by atoms with Gasteiger partial charge in [-0.05, 0) is 19.1 Å². The number of rotatable bonds is 8. The van der Waals surface area contributed by atoms with E-state index in [2.05, 4.69) is 20.5 Å². The molecule has 3 rings (SSSR count). The quantitative estimate of drug-likeness (QED) is 0.753. The summed E-state index contributed by atoms with van der Waals surface area (Å²) in [6.07, 6.45) is 1.75. The molecule has 1 atom stereocenters. The molecule has 1 aromatic heterocycles. The molecule has 1 N–H and O–H groups in total. The zero-order chi connectivity index (χ0) is 18.2. The first kappa shape index (κ1) is 18.3. The fourth-order valence-corrected chi connectivity index (χ4v) is 2.67. The molecular formula is C18H25N5O3. The van der Waals surface area contributed by atoms with Crippen molar-refractivity contribution in [3.8, 4) is 5.75 Å². The summed E-state index contributed by atoms with van der Waals surface area (Å²) in [5.41, 5.74) is 0.682. The highest BCUT2D eigenvalue weighted by molar-refractivity contribution is 5.79. The Balaban J connectivity index is 1.42. The maximum Gasteiger partial charge on any atom is 0.244 e. The third kappa shape index (κ3) is 5.27. The molecule has 1 aliphatic rings. The zero-order valence-corrected chi connectivity index (χ0v) is 15.0. The summed E-state index contributed by atoms with van der Waals surface area (Å²) in [6.45, 7) is 6.92. The average molecular weight is 359 g/mol. The van der Waals surface area contributed by atoms with Gasteiger partial charge in [-0.3, -0.25) is 9.69 Å². The van der Waals surface area contributed by atoms with Crippen molar-refractivity contribution in [2.45, 2.75) is 19.6 Å². The van der Waals surface area contributed by atoms with Crippen LogP contribution in [0.15, 0.2) is 36.5 Å². The molecule has 0 unspecified atom stereocenters. The normalized spacial score (nSPS) is 16.2. The molecule has 8 heteroatoms. The van der Waals surface area contributed by atoms with Gasteiger partial charge in [-0.15, -0.1) is 5.10 Å². The molecule has 1 aliphatic heterocycles. The number of aromatic nitrogens is 3. The molecule has 2 aromatic rings. The van der Waals surface area contributed by atoms with Crippen LogP contribution in [0.1, 0.15) is 18.7 Å². The highest BCUT2D eigenvalue weighted by Gasteiger charge is 2.17. The van der Waals surface area contributed by atoms with Crippen LogP contribution in [0.2, 0.25) is 0 Å². The van der Waals surface area contributed by atoms with E-state index in [1.807, 2.05) is 30.3 Å². The van der Waals surface area contributed by atoms with E-state index in [0.29, 0.717) is 18.8 Å². The van der Waals surface area contributed by atoms with Gasteiger partial charge in [0, 0.05) is 26.2 Å². The van der Waals surface area contributed by atoms with Gasteiger partial charge in [-0.1, -0.05) is 23.4 Å². The Bertz CT molecular complexity index is 685. The largest absolute Gasteiger partial charge is 0.487 e. The molecule has 1 amide bonds. The highest BCUT2D eigenvalue weighted by atomic mass is 16.5. The van der Waals surface area contributed by atoms with Crippen molar-refractivity contribution in [3.05, 3.63) is 42.2 Å². The lowest BCUT2D eigenvalue weighted by atomic mass is 10.3. The Kier molecular flexibility index (Phi) is 6.56. The van der Waals surface area contributed by atoms with Crippen molar-refractivity contribution >= 4 is 5.91 Å². The van der Waals surface area contributed by atoms with Crippen LogP contribution in [0.3, 0.4) is 0 Å². The molecule has 26 heavy (non-hydrogen) atoms. The van der Waals surface area contributed by atoms with Gasteiger partial charge >= 0.3 is 0 Å². The number of ether oxygens (including phenoxy) is 2. The minimum Gasteiger partial charge on any atom is -0.487 e. The van der Waals surface area contributed by atoms with E-state index >= 15 is 0 Å². The number of nitrogens with zero attached hydrogens (tertiary/aromatic N) is 4. The number of carbonyl (C=O) groups is 1. The van der Waals surface area contributed by atoms with E-state index in [1.54, 1.807) is 17.8 Å². The monoisotopic (exact) mass is 359 g/mol. The van der Waals surface area contributed by atoms with Crippen molar-refractivity contribution in [2.75, 3.05) is 39.4 Å². The Morgan fingerprint density at radius 2 is 2.08 bits per heavy atom. The number of morpholine rings is 1. The van der Waals surface area contributed by atoms with Gasteiger partial charge in [-0.25, -0.2) is 4.68 Å². The molecule has 1 saturated heterocycles. The van der Waals surface area contributed by atoms with Crippen LogP contribution < -0.4 is 10.1 Å². The van der Waals surface area contributed by atoms with Gasteiger partial charge in [0.15, 0.2) is 0 Å². The molecule has 1 fully saturated rings. The van der Waals surface area contributed by atoms with Crippen LogP contribution in [-0.4, -0.2) is 65.2 Å². The molecule has 2 heterocycles. The molecule has 1 aromatic carbocycles. The molecule has 0 spiro atoms. The molecular weight excluding hydrogens is 334 g/mol. The summed E-state index contributed by atoms with van der Waals surface area (Å²) in [5, 5.41) is 11.1. The van der Waals surface area contributed by atoms with E-state index in [1.165, 1.54) is 0 Å². The van der Waals surface area contributed by atoms with Crippen LogP contribution in [0.25, 0.3) is 0 Å². The van der Waals surface area contributed by atoms with Crippen molar-refractivity contribution in [1.29, 1.82) is 0 Å². The van der Waals surface area contributed by atoms with E-state index in [-0.39, 0.29) is 5.91 Å². The third-order valence-electron chi connectivity index (χ3n) is 4.29. The van der Waals surface area contributed by atoms with Gasteiger partial charge in [-0.2, -0.15) is 0 Å². The van der Waals surface area contributed by atoms with Crippen molar-refractivity contribution in [3.63, 3.8) is 0 Å². The Hall–Kier alpha value is -2.45. The molecule has 0 bridgehead atoms. The first-order valence-corrected chi connectivity index (χ1v) is 8.89. The maximum atomic E-state index is 12.3. The van der Waals surface area contributed by atoms with Crippen LogP contribution in [0.5, 0.6) is 5.75 Å². The Labute approximate surface area is 153 Å². The topological polar surface area (TPSA) is 81.5 Å². The van der Waals surface area contributed by atoms with Crippen molar-refractivity contribution in [1.82, 2.24) is 25.2 Å². The lowest BCUT2D eigenvalue weighted by molar-refractivity contribution is -0.124. The van der Waals surface area contributed by atoms with Gasteiger partial charge in [0.2, 0.25) is 5.91 Å². The second-order valence-corrected chi connectivity index (χ2v) is 6.21. The summed E-state index contributed by atoms with van der Waals surface area (Å²) < 4.78 is 12.5. The van der Waals surface area contributed by atoms with Gasteiger partial charge in [0.05, 0.1) is 19.4 Å². The molecule has 0 aliphatic carbocycles. The fourth-order valence-electron chi connectivity index (χ4n) is 2.67. The van der Waals surface area contributed by atoms with E-state index in [4.69, 9.17) is 9.47 Å². The average Bonchev–Trinajstić information content (AvgIpc) is 3.16. The maximum absolute atomic E-state index is 12.3. The second-order valence-electron chi connectivity index (χ2n) is 6.21. The predicted molar refractivity (Wildman–Crippen MR) is 95.8 cm³/mol. The van der Waals surface area contributed by atoms with Crippen LogP contribution in [0.4, 0.5) is 0 Å². The number of carbonyl (C=O) groups excluding carboxylic acids is 1. The van der Waals surface area contributed by atoms with E-state index in [9.17, 15) is 4.79 Å². The highest BCUT2D eigenvalue weighted by Crippen LogP contribution is 2.11. The van der Waals surface area contributed by atoms with E-state index < -0.39 is 6.04 Å². The van der Waals surface area contributed by atoms with E-state index in [0.717, 1.165) is 38.6 Å². The SMILES string of the molecule is C[C@H](C(=O)NCCN1CCOCC1)n1cc(COc2ccccc2)nn1. The van der Waals surface area contributed by atoms with Crippen LogP contribution >= 0.6 is 0 Å². The second kappa shape index (κ2) is 9.30. The minimum absolute atomic E-state index is 0.0707. The fraction of sp³-hybridized carbons (Fsp3) is 0.500. The van der Waals surface area contributed by atoms with Crippen LogP contribution in [0, 0.1) is 0 Å². The molecule has 0 saturated carbocycles. The van der Waals surface area contributed by atoms with Gasteiger partial charge in [0.1, 0.15) is 24.1 Å². The third-order valence-corrected chi connectivity index (χ3v) is 4.29. The standard InChI is InChI=1S/C18H25N5O3/c1-15(18(24)19-7-8-22-9-11-25-12-10-22)23-13-16(20-21-23)14-26-17-5-3-2-4-6-17/h2-6,13,15H,7-12,14H2,1H3,(H,19,24)/t15-/m1/s1. The summed E-state index contributed by atoms with van der Waals surface area (Å²) in [5.74, 6) is 0.703. The summed E-state index contributed by atoms with van der Waals surface area (Å²) >= 11 is 0. The smallest absolute Gasteiger partial charge is 0.244 e. The molecule has 140 valence electrons. The van der Waals surface area contributed by atoms with Crippen molar-refractivity contribution < 1.29 is 14.3 Å². The lowest BCUT2D eigenvalue weighted by Gasteiger charge is -2.26. The number of nitrogens with one attached hydrogen (secondary N) is 1. The molecule has 8 nitrogen and oxygen atoms in total. The summed E-state index contributed by atoms with van der Waals surface area (Å²) in [4.78, 5) is 14.6. The lowest BCUT2D eigenvalue weighted by Crippen LogP contribution is -2.42. The number of hydrogen-bond acceptors (Lipinski definition) is 6. The summed E-state index contributed by atoms with van der Waals surface area (Å²) in [7, 11) is 0. The Morgan fingerprint density at radius 1 is 1.31 bits per heavy atom. The van der Waals surface area contributed by atoms with Crippen molar-refractivity contribution in [2.24, 2.45) is 0 Å². The number of para-hydroxylation sites is 1.